The fourth-order valence-electron chi connectivity index (χ4n) is 2.82. The van der Waals surface area contributed by atoms with Gasteiger partial charge in [0.1, 0.15) is 12.4 Å². The van der Waals surface area contributed by atoms with Crippen LogP contribution in [0.1, 0.15) is 50.5 Å². The minimum Gasteiger partial charge on any atom is -0.481 e. The SMILES string of the molecule is C#CCOc1ccccc1CNC1CCCCCCC1.Cl. The number of terminal acetylenes is 1. The normalized spacial score (nSPS) is 16.1. The van der Waals surface area contributed by atoms with Crippen LogP contribution < -0.4 is 10.1 Å². The van der Waals surface area contributed by atoms with Crippen molar-refractivity contribution in [3.05, 3.63) is 29.8 Å². The highest BCUT2D eigenvalue weighted by Gasteiger charge is 2.11. The van der Waals surface area contributed by atoms with E-state index in [-0.39, 0.29) is 12.4 Å². The lowest BCUT2D eigenvalue weighted by Gasteiger charge is -2.21. The molecule has 0 radical (unpaired) electrons. The Morgan fingerprint density at radius 1 is 1.10 bits per heavy atom. The van der Waals surface area contributed by atoms with Crippen LogP contribution in [0.3, 0.4) is 0 Å². The second kappa shape index (κ2) is 10.5. The number of halogens is 1. The number of rotatable bonds is 5. The molecule has 1 N–H and O–H groups in total. The lowest BCUT2D eigenvalue weighted by molar-refractivity contribution is 0.357. The number of hydrogen-bond donors (Lipinski definition) is 1. The zero-order valence-corrected chi connectivity index (χ0v) is 13.5. The molecule has 0 unspecified atom stereocenters. The van der Waals surface area contributed by atoms with Gasteiger partial charge in [0.05, 0.1) is 0 Å². The molecule has 1 aromatic carbocycles. The van der Waals surface area contributed by atoms with E-state index in [9.17, 15) is 0 Å². The molecule has 2 rings (SSSR count). The van der Waals surface area contributed by atoms with Gasteiger partial charge in [-0.1, -0.05) is 56.2 Å². The van der Waals surface area contributed by atoms with Crippen LogP contribution in [0.4, 0.5) is 0 Å². The second-order valence-electron chi connectivity index (χ2n) is 5.52. The highest BCUT2D eigenvalue weighted by Crippen LogP contribution is 2.20. The van der Waals surface area contributed by atoms with Gasteiger partial charge in [0.25, 0.3) is 0 Å². The maximum absolute atomic E-state index is 5.59. The van der Waals surface area contributed by atoms with Crippen molar-refractivity contribution in [2.75, 3.05) is 6.61 Å². The van der Waals surface area contributed by atoms with E-state index in [1.165, 1.54) is 50.5 Å². The summed E-state index contributed by atoms with van der Waals surface area (Å²) in [7, 11) is 0. The first-order valence-corrected chi connectivity index (χ1v) is 7.77. The summed E-state index contributed by atoms with van der Waals surface area (Å²) < 4.78 is 5.59. The third-order valence-electron chi connectivity index (χ3n) is 3.97. The first kappa shape index (κ1) is 17.9. The molecule has 0 amide bonds. The smallest absolute Gasteiger partial charge is 0.148 e. The third kappa shape index (κ3) is 6.42. The van der Waals surface area contributed by atoms with Crippen molar-refractivity contribution >= 4 is 12.4 Å². The number of hydrogen-bond acceptors (Lipinski definition) is 2. The molecule has 1 fully saturated rings. The first-order valence-electron chi connectivity index (χ1n) is 7.77. The minimum atomic E-state index is 0. The predicted molar refractivity (Wildman–Crippen MR) is 91.0 cm³/mol. The number of para-hydroxylation sites is 1. The van der Waals surface area contributed by atoms with E-state index < -0.39 is 0 Å². The topological polar surface area (TPSA) is 21.3 Å². The van der Waals surface area contributed by atoms with Gasteiger partial charge in [-0.2, -0.15) is 0 Å². The third-order valence-corrected chi connectivity index (χ3v) is 3.97. The van der Waals surface area contributed by atoms with Crippen LogP contribution in [-0.2, 0) is 6.54 Å². The molecule has 1 aliphatic carbocycles. The van der Waals surface area contributed by atoms with E-state index in [4.69, 9.17) is 11.2 Å². The Bertz CT molecular complexity index is 433. The Kier molecular flexibility index (Phi) is 8.98. The quantitative estimate of drug-likeness (QED) is 0.818. The zero-order chi connectivity index (χ0) is 14.0. The summed E-state index contributed by atoms with van der Waals surface area (Å²) in [5, 5.41) is 3.69. The molecular weight excluding hydrogens is 282 g/mol. The molecule has 1 aliphatic rings. The van der Waals surface area contributed by atoms with Crippen LogP contribution >= 0.6 is 12.4 Å². The lowest BCUT2D eigenvalue weighted by Crippen LogP contribution is -2.29. The van der Waals surface area contributed by atoms with E-state index in [2.05, 4.69) is 23.4 Å². The van der Waals surface area contributed by atoms with Gasteiger partial charge < -0.3 is 10.1 Å². The van der Waals surface area contributed by atoms with Gasteiger partial charge in [0, 0.05) is 18.2 Å². The number of nitrogens with one attached hydrogen (secondary N) is 1. The largest absolute Gasteiger partial charge is 0.481 e. The maximum atomic E-state index is 5.59. The van der Waals surface area contributed by atoms with E-state index in [0.717, 1.165) is 12.3 Å². The van der Waals surface area contributed by atoms with Gasteiger partial charge in [-0.25, -0.2) is 0 Å². The molecule has 116 valence electrons. The van der Waals surface area contributed by atoms with Gasteiger partial charge in [0.15, 0.2) is 0 Å². The zero-order valence-electron chi connectivity index (χ0n) is 12.6. The van der Waals surface area contributed by atoms with Crippen molar-refractivity contribution < 1.29 is 4.74 Å². The predicted octanol–water partition coefficient (Wildman–Crippen LogP) is 4.32. The lowest BCUT2D eigenvalue weighted by atomic mass is 9.96. The molecule has 1 saturated carbocycles. The Hall–Kier alpha value is -1.17. The molecule has 0 spiro atoms. The van der Waals surface area contributed by atoms with Crippen LogP contribution in [-0.4, -0.2) is 12.6 Å². The summed E-state index contributed by atoms with van der Waals surface area (Å²) in [5.41, 5.74) is 1.20. The summed E-state index contributed by atoms with van der Waals surface area (Å²) in [6.45, 7) is 1.20. The fourth-order valence-corrected chi connectivity index (χ4v) is 2.82. The summed E-state index contributed by atoms with van der Waals surface area (Å²) >= 11 is 0. The monoisotopic (exact) mass is 307 g/mol. The molecule has 0 aromatic heterocycles. The second-order valence-corrected chi connectivity index (χ2v) is 5.52. The molecular formula is C18H26ClNO. The molecule has 0 heterocycles. The molecule has 0 bridgehead atoms. The maximum Gasteiger partial charge on any atom is 0.148 e. The Balaban J connectivity index is 0.00000220. The first-order chi connectivity index (χ1) is 9.90. The van der Waals surface area contributed by atoms with Crippen molar-refractivity contribution in [3.63, 3.8) is 0 Å². The standard InChI is InChI=1S/C18H25NO.ClH/c1-2-14-20-18-13-9-8-10-16(18)15-19-17-11-6-4-3-5-7-12-17;/h1,8-10,13,17,19H,3-7,11-12,14-15H2;1H. The van der Waals surface area contributed by atoms with Crippen molar-refractivity contribution in [2.24, 2.45) is 0 Å². The van der Waals surface area contributed by atoms with Gasteiger partial charge in [-0.3, -0.25) is 0 Å². The van der Waals surface area contributed by atoms with Crippen LogP contribution in [0.5, 0.6) is 5.75 Å². The summed E-state index contributed by atoms with van der Waals surface area (Å²) in [6, 6.07) is 8.80. The summed E-state index contributed by atoms with van der Waals surface area (Å²) in [5.74, 6) is 3.43. The molecule has 3 heteroatoms. The minimum absolute atomic E-state index is 0. The van der Waals surface area contributed by atoms with Crippen LogP contribution in [0, 0.1) is 12.3 Å². The van der Waals surface area contributed by atoms with Crippen LogP contribution in [0.2, 0.25) is 0 Å². The van der Waals surface area contributed by atoms with E-state index in [1.807, 2.05) is 12.1 Å². The molecule has 0 aliphatic heterocycles. The summed E-state index contributed by atoms with van der Waals surface area (Å²) in [4.78, 5) is 0. The summed E-state index contributed by atoms with van der Waals surface area (Å²) in [6.07, 6.45) is 14.8. The highest BCUT2D eigenvalue weighted by molar-refractivity contribution is 5.85. The Labute approximate surface area is 135 Å². The van der Waals surface area contributed by atoms with Crippen molar-refractivity contribution in [2.45, 2.75) is 57.5 Å². The number of ether oxygens (including phenoxy) is 1. The molecule has 21 heavy (non-hydrogen) atoms. The fraction of sp³-hybridized carbons (Fsp3) is 0.556. The van der Waals surface area contributed by atoms with Crippen molar-refractivity contribution in [1.29, 1.82) is 0 Å². The van der Waals surface area contributed by atoms with Crippen molar-refractivity contribution in [3.8, 4) is 18.1 Å². The average Bonchev–Trinajstić information content (AvgIpc) is 2.45. The van der Waals surface area contributed by atoms with Gasteiger partial charge >= 0.3 is 0 Å². The Morgan fingerprint density at radius 3 is 2.48 bits per heavy atom. The molecule has 0 atom stereocenters. The average molecular weight is 308 g/mol. The van der Waals surface area contributed by atoms with Gasteiger partial charge in [-0.05, 0) is 18.9 Å². The van der Waals surface area contributed by atoms with Gasteiger partial charge in [0.2, 0.25) is 0 Å². The Morgan fingerprint density at radius 2 is 1.76 bits per heavy atom. The highest BCUT2D eigenvalue weighted by atomic mass is 35.5. The van der Waals surface area contributed by atoms with E-state index >= 15 is 0 Å². The van der Waals surface area contributed by atoms with E-state index in [0.29, 0.717) is 12.6 Å². The molecule has 1 aromatic rings. The van der Waals surface area contributed by atoms with E-state index in [1.54, 1.807) is 0 Å². The molecule has 0 saturated heterocycles. The van der Waals surface area contributed by atoms with Gasteiger partial charge in [-0.15, -0.1) is 18.8 Å². The van der Waals surface area contributed by atoms with Crippen LogP contribution in [0.15, 0.2) is 24.3 Å². The van der Waals surface area contributed by atoms with Crippen molar-refractivity contribution in [1.82, 2.24) is 5.32 Å². The molecule has 2 nitrogen and oxygen atoms in total. The number of benzene rings is 1. The van der Waals surface area contributed by atoms with Crippen LogP contribution in [0.25, 0.3) is 0 Å².